The second-order valence-corrected chi connectivity index (χ2v) is 7.94. The number of aromatic nitrogens is 2. The van der Waals surface area contributed by atoms with E-state index in [0.717, 1.165) is 34.7 Å². The number of amides is 1. The normalized spacial score (nSPS) is 11.2. The highest BCUT2D eigenvalue weighted by atomic mass is 16.5. The maximum Gasteiger partial charge on any atom is 0.258 e. The van der Waals surface area contributed by atoms with E-state index in [4.69, 9.17) is 19.2 Å². The zero-order valence-corrected chi connectivity index (χ0v) is 21.4. The van der Waals surface area contributed by atoms with Gasteiger partial charge in [0, 0.05) is 29.1 Å². The number of carbonyl (C=O) groups excluding carboxylic acids is 1. The number of carbonyl (C=O) groups is 1. The number of ether oxygens (including phenoxy) is 3. The Kier molecular flexibility index (Phi) is 8.35. The monoisotopic (exact) mass is 479 g/mol. The number of rotatable bonds is 8. The number of nitrogens with zero attached hydrogens (tertiary/aromatic N) is 3. The lowest BCUT2D eigenvalue weighted by Gasteiger charge is -2.16. The molecule has 1 aromatic heterocycles. The Morgan fingerprint density at radius 2 is 1.69 bits per heavy atom. The third-order valence-corrected chi connectivity index (χ3v) is 5.78. The zero-order chi connectivity index (χ0) is 25.5. The highest BCUT2D eigenvalue weighted by Crippen LogP contribution is 2.38. The molecule has 3 aromatic rings. The minimum Gasteiger partial charge on any atom is -0.493 e. The van der Waals surface area contributed by atoms with Crippen LogP contribution in [0.25, 0.3) is 0 Å². The quantitative estimate of drug-likeness (QED) is 0.370. The minimum absolute atomic E-state index is 0.320. The number of methoxy groups -OCH3 is 3. The van der Waals surface area contributed by atoms with E-state index >= 15 is 0 Å². The molecule has 186 valence electrons. The molecule has 0 aliphatic heterocycles. The molecule has 2 N–H and O–H groups in total. The van der Waals surface area contributed by atoms with Gasteiger partial charge in [0.1, 0.15) is 0 Å². The summed E-state index contributed by atoms with van der Waals surface area (Å²) in [4.78, 5) is 18.0. The van der Waals surface area contributed by atoms with Crippen molar-refractivity contribution < 1.29 is 19.0 Å². The van der Waals surface area contributed by atoms with Crippen LogP contribution in [0.15, 0.2) is 41.4 Å². The number of hydrogen-bond acceptors (Lipinski definition) is 6. The summed E-state index contributed by atoms with van der Waals surface area (Å²) in [6.45, 7) is 9.17. The van der Waals surface area contributed by atoms with Crippen LogP contribution in [0.4, 0.5) is 5.69 Å². The number of hydrogen-bond donors (Lipinski definition) is 2. The van der Waals surface area contributed by atoms with Crippen LogP contribution < -0.4 is 24.8 Å². The molecule has 3 rings (SSSR count). The lowest BCUT2D eigenvalue weighted by molar-refractivity contribution is 0.0976. The molecule has 2 aromatic carbocycles. The fourth-order valence-corrected chi connectivity index (χ4v) is 3.77. The Balaban J connectivity index is 1.95. The highest BCUT2D eigenvalue weighted by molar-refractivity contribution is 6.10. The molecule has 0 atom stereocenters. The molecule has 0 bridgehead atoms. The number of nitrogens with one attached hydrogen (secondary N) is 2. The smallest absolute Gasteiger partial charge is 0.258 e. The van der Waals surface area contributed by atoms with E-state index in [1.54, 1.807) is 12.1 Å². The average Bonchev–Trinajstić information content (AvgIpc) is 3.14. The van der Waals surface area contributed by atoms with Crippen molar-refractivity contribution >= 4 is 17.6 Å². The Bertz CT molecular complexity index is 1210. The topological polar surface area (TPSA) is 99.0 Å². The van der Waals surface area contributed by atoms with Crippen molar-refractivity contribution in [3.63, 3.8) is 0 Å². The second kappa shape index (κ2) is 11.4. The van der Waals surface area contributed by atoms with Gasteiger partial charge in [-0.3, -0.25) is 14.8 Å². The summed E-state index contributed by atoms with van der Waals surface area (Å²) in [7, 11) is 4.53. The first kappa shape index (κ1) is 25.6. The van der Waals surface area contributed by atoms with E-state index in [1.807, 2.05) is 49.7 Å². The molecule has 0 fully saturated rings. The lowest BCUT2D eigenvalue weighted by atomic mass is 10.1. The molecule has 35 heavy (non-hydrogen) atoms. The largest absolute Gasteiger partial charge is 0.493 e. The molecule has 0 unspecified atom stereocenters. The fourth-order valence-electron chi connectivity index (χ4n) is 3.77. The van der Waals surface area contributed by atoms with Crippen LogP contribution in [0.3, 0.4) is 0 Å². The van der Waals surface area contributed by atoms with Crippen molar-refractivity contribution in [1.29, 1.82) is 0 Å². The number of benzene rings is 2. The van der Waals surface area contributed by atoms with Crippen molar-refractivity contribution in [2.45, 2.75) is 40.8 Å². The van der Waals surface area contributed by atoms with Crippen LogP contribution >= 0.6 is 0 Å². The number of aliphatic imine (C=N–C) groups is 1. The van der Waals surface area contributed by atoms with E-state index in [1.165, 1.54) is 21.3 Å². The number of anilines is 1. The van der Waals surface area contributed by atoms with E-state index in [0.29, 0.717) is 35.3 Å². The molecular formula is C26H33N5O4. The lowest BCUT2D eigenvalue weighted by Crippen LogP contribution is -2.36. The Hall–Kier alpha value is -4.01. The summed E-state index contributed by atoms with van der Waals surface area (Å²) >= 11 is 0. The van der Waals surface area contributed by atoms with Crippen molar-refractivity contribution in [3.05, 3.63) is 64.5 Å². The summed E-state index contributed by atoms with van der Waals surface area (Å²) in [6.07, 6.45) is 0. The molecule has 9 heteroatoms. The molecule has 9 nitrogen and oxygen atoms in total. The fraction of sp³-hybridized carbons (Fsp3) is 0.346. The first-order chi connectivity index (χ1) is 16.8. The van der Waals surface area contributed by atoms with Crippen LogP contribution in [-0.2, 0) is 13.1 Å². The number of aryl methyl sites for hydroxylation is 3. The molecule has 0 saturated carbocycles. The summed E-state index contributed by atoms with van der Waals surface area (Å²) < 4.78 is 18.1. The van der Waals surface area contributed by atoms with Crippen LogP contribution in [0.5, 0.6) is 17.2 Å². The van der Waals surface area contributed by atoms with E-state index in [-0.39, 0.29) is 5.91 Å². The van der Waals surface area contributed by atoms with E-state index in [9.17, 15) is 4.79 Å². The van der Waals surface area contributed by atoms with E-state index < -0.39 is 0 Å². The van der Waals surface area contributed by atoms with E-state index in [2.05, 4.69) is 22.7 Å². The molecule has 0 aliphatic carbocycles. The van der Waals surface area contributed by atoms with Gasteiger partial charge in [0.25, 0.3) is 5.91 Å². The SMILES string of the molecule is CCn1nc(C)c(CN=C(NC(=O)c2cc(OC)c(OC)c(OC)c2)Nc2ccccc2C)c1C. The van der Waals surface area contributed by atoms with Gasteiger partial charge in [-0.2, -0.15) is 5.10 Å². The van der Waals surface area contributed by atoms with Gasteiger partial charge < -0.3 is 19.5 Å². The van der Waals surface area contributed by atoms with Crippen molar-refractivity contribution in [2.75, 3.05) is 26.6 Å². The number of guanidine groups is 1. The summed E-state index contributed by atoms with van der Waals surface area (Å²) in [6, 6.07) is 11.0. The second-order valence-electron chi connectivity index (χ2n) is 7.94. The summed E-state index contributed by atoms with van der Waals surface area (Å²) in [5.74, 6) is 1.14. The van der Waals surface area contributed by atoms with Gasteiger partial charge in [0.2, 0.25) is 11.7 Å². The van der Waals surface area contributed by atoms with Crippen LogP contribution in [-0.4, -0.2) is 43.0 Å². The van der Waals surface area contributed by atoms with Crippen molar-refractivity contribution in [2.24, 2.45) is 4.99 Å². The Morgan fingerprint density at radius 1 is 1.03 bits per heavy atom. The summed E-state index contributed by atoms with van der Waals surface area (Å²) in [5.41, 5.74) is 5.20. The molecule has 1 amide bonds. The minimum atomic E-state index is -0.373. The Labute approximate surface area is 206 Å². The standard InChI is InChI=1S/C26H33N5O4/c1-8-31-18(4)20(17(3)30-31)15-27-26(28-21-12-10-9-11-16(21)2)29-25(32)19-13-22(33-5)24(35-7)23(14-19)34-6/h9-14H,8,15H2,1-7H3,(H2,27,28,29,32). The van der Waals surface area contributed by atoms with Gasteiger partial charge in [0.15, 0.2) is 11.5 Å². The number of para-hydroxylation sites is 1. The third kappa shape index (κ3) is 5.74. The molecule has 0 saturated heterocycles. The third-order valence-electron chi connectivity index (χ3n) is 5.78. The molecule has 0 radical (unpaired) electrons. The molecule has 0 aliphatic rings. The summed E-state index contributed by atoms with van der Waals surface area (Å²) in [5, 5.41) is 10.7. The maximum atomic E-state index is 13.3. The van der Waals surface area contributed by atoms with Gasteiger partial charge in [0.05, 0.1) is 33.6 Å². The van der Waals surface area contributed by atoms with Crippen LogP contribution in [0.1, 0.15) is 39.8 Å². The highest BCUT2D eigenvalue weighted by Gasteiger charge is 2.19. The Morgan fingerprint density at radius 3 is 2.23 bits per heavy atom. The van der Waals surface area contributed by atoms with Crippen LogP contribution in [0, 0.1) is 20.8 Å². The van der Waals surface area contributed by atoms with Gasteiger partial charge in [-0.05, 0) is 51.5 Å². The predicted octanol–water partition coefficient (Wildman–Crippen LogP) is 4.25. The van der Waals surface area contributed by atoms with Gasteiger partial charge in [-0.1, -0.05) is 18.2 Å². The average molecular weight is 480 g/mol. The van der Waals surface area contributed by atoms with Crippen molar-refractivity contribution in [3.8, 4) is 17.2 Å². The first-order valence-electron chi connectivity index (χ1n) is 11.3. The van der Waals surface area contributed by atoms with Gasteiger partial charge in [-0.25, -0.2) is 4.99 Å². The maximum absolute atomic E-state index is 13.3. The zero-order valence-electron chi connectivity index (χ0n) is 21.4. The van der Waals surface area contributed by atoms with Crippen LogP contribution in [0.2, 0.25) is 0 Å². The van der Waals surface area contributed by atoms with Gasteiger partial charge >= 0.3 is 0 Å². The molecular weight excluding hydrogens is 446 g/mol. The van der Waals surface area contributed by atoms with Crippen molar-refractivity contribution in [1.82, 2.24) is 15.1 Å². The molecule has 1 heterocycles. The predicted molar refractivity (Wildman–Crippen MR) is 137 cm³/mol. The first-order valence-corrected chi connectivity index (χ1v) is 11.3. The van der Waals surface area contributed by atoms with Gasteiger partial charge in [-0.15, -0.1) is 0 Å². The molecule has 0 spiro atoms.